The van der Waals surface area contributed by atoms with Gasteiger partial charge in [0.2, 0.25) is 0 Å². The Labute approximate surface area is 174 Å². The predicted molar refractivity (Wildman–Crippen MR) is 110 cm³/mol. The number of aryl methyl sites for hydroxylation is 1. The molecule has 2 aromatic carbocycles. The standard InChI is InChI=1S/C20H14Cl2FNO3S/c1-10-16(11-3-6-13(23)7-4-11)17(20(26)27-2)19(28-10)24-18(25)14-8-5-12(21)9-15(14)22/h3-9H,1-2H3,(H,24,25). The quantitative estimate of drug-likeness (QED) is 0.493. The summed E-state index contributed by atoms with van der Waals surface area (Å²) in [6.07, 6.45) is 0. The second-order valence-corrected chi connectivity index (χ2v) is 7.88. The fraction of sp³-hybridized carbons (Fsp3) is 0.100. The Bertz CT molecular complexity index is 1060. The van der Waals surface area contributed by atoms with Gasteiger partial charge >= 0.3 is 5.97 Å². The van der Waals surface area contributed by atoms with Gasteiger partial charge in [-0.2, -0.15) is 0 Å². The molecule has 4 nitrogen and oxygen atoms in total. The Morgan fingerprint density at radius 2 is 1.79 bits per heavy atom. The molecule has 1 amide bonds. The van der Waals surface area contributed by atoms with Gasteiger partial charge in [0.25, 0.3) is 5.91 Å². The zero-order valence-electron chi connectivity index (χ0n) is 14.8. The Balaban J connectivity index is 2.06. The zero-order valence-corrected chi connectivity index (χ0v) is 17.1. The van der Waals surface area contributed by atoms with Crippen molar-refractivity contribution in [3.05, 3.63) is 74.3 Å². The van der Waals surface area contributed by atoms with Gasteiger partial charge in [0.05, 0.1) is 17.7 Å². The number of carbonyl (C=O) groups excluding carboxylic acids is 2. The number of benzene rings is 2. The SMILES string of the molecule is COC(=O)c1c(NC(=O)c2ccc(Cl)cc2Cl)sc(C)c1-c1ccc(F)cc1. The van der Waals surface area contributed by atoms with Crippen molar-refractivity contribution in [3.8, 4) is 11.1 Å². The van der Waals surface area contributed by atoms with E-state index >= 15 is 0 Å². The number of methoxy groups -OCH3 is 1. The summed E-state index contributed by atoms with van der Waals surface area (Å²) < 4.78 is 18.2. The lowest BCUT2D eigenvalue weighted by Gasteiger charge is -2.09. The Morgan fingerprint density at radius 1 is 1.11 bits per heavy atom. The molecule has 0 unspecified atom stereocenters. The fourth-order valence-corrected chi connectivity index (χ4v) is 4.29. The molecule has 0 bridgehead atoms. The molecule has 1 heterocycles. The highest BCUT2D eigenvalue weighted by atomic mass is 35.5. The average molecular weight is 438 g/mol. The van der Waals surface area contributed by atoms with E-state index in [4.69, 9.17) is 27.9 Å². The van der Waals surface area contributed by atoms with E-state index in [0.29, 0.717) is 21.2 Å². The number of ether oxygens (including phenoxy) is 1. The van der Waals surface area contributed by atoms with Crippen LogP contribution in [0.2, 0.25) is 10.0 Å². The third-order valence-corrected chi connectivity index (χ3v) is 5.58. The molecule has 0 aliphatic rings. The smallest absolute Gasteiger partial charge is 0.341 e. The first-order valence-corrected chi connectivity index (χ1v) is 9.63. The zero-order chi connectivity index (χ0) is 20.4. The normalized spacial score (nSPS) is 10.6. The molecule has 8 heteroatoms. The van der Waals surface area contributed by atoms with Crippen LogP contribution in [0.1, 0.15) is 25.6 Å². The van der Waals surface area contributed by atoms with E-state index in [9.17, 15) is 14.0 Å². The molecule has 0 saturated carbocycles. The minimum absolute atomic E-state index is 0.191. The van der Waals surface area contributed by atoms with Gasteiger partial charge in [-0.15, -0.1) is 11.3 Å². The first-order chi connectivity index (χ1) is 13.3. The van der Waals surface area contributed by atoms with Gasteiger partial charge in [0.1, 0.15) is 16.4 Å². The van der Waals surface area contributed by atoms with Crippen molar-refractivity contribution in [2.45, 2.75) is 6.92 Å². The van der Waals surface area contributed by atoms with Gasteiger partial charge in [-0.3, -0.25) is 4.79 Å². The number of nitrogens with one attached hydrogen (secondary N) is 1. The second kappa shape index (κ2) is 8.31. The minimum Gasteiger partial charge on any atom is -0.465 e. The van der Waals surface area contributed by atoms with E-state index in [0.717, 1.165) is 4.88 Å². The summed E-state index contributed by atoms with van der Waals surface area (Å²) in [5, 5.41) is 3.64. The first-order valence-electron chi connectivity index (χ1n) is 8.06. The van der Waals surface area contributed by atoms with Gasteiger partial charge in [-0.05, 0) is 42.8 Å². The second-order valence-electron chi connectivity index (χ2n) is 5.81. The molecule has 0 radical (unpaired) electrons. The largest absolute Gasteiger partial charge is 0.465 e. The summed E-state index contributed by atoms with van der Waals surface area (Å²) in [5.74, 6) is -1.48. The summed E-state index contributed by atoms with van der Waals surface area (Å²) in [5.41, 5.74) is 1.64. The van der Waals surface area contributed by atoms with E-state index < -0.39 is 11.9 Å². The van der Waals surface area contributed by atoms with Crippen LogP contribution >= 0.6 is 34.5 Å². The van der Waals surface area contributed by atoms with Gasteiger partial charge in [-0.25, -0.2) is 9.18 Å². The van der Waals surface area contributed by atoms with E-state index in [2.05, 4.69) is 5.32 Å². The fourth-order valence-electron chi connectivity index (χ4n) is 2.74. The maximum atomic E-state index is 13.3. The van der Waals surface area contributed by atoms with E-state index in [-0.39, 0.29) is 22.0 Å². The summed E-state index contributed by atoms with van der Waals surface area (Å²) in [6.45, 7) is 1.81. The number of hydrogen-bond acceptors (Lipinski definition) is 4. The van der Waals surface area contributed by atoms with Gasteiger partial charge in [0.15, 0.2) is 0 Å². The van der Waals surface area contributed by atoms with Crippen molar-refractivity contribution in [1.29, 1.82) is 0 Å². The lowest BCUT2D eigenvalue weighted by molar-refractivity contribution is 0.0603. The Hall–Kier alpha value is -2.41. The third-order valence-electron chi connectivity index (χ3n) is 4.01. The molecule has 3 rings (SSSR count). The molecule has 3 aromatic rings. The van der Waals surface area contributed by atoms with Crippen molar-refractivity contribution in [2.75, 3.05) is 12.4 Å². The molecule has 0 spiro atoms. The number of rotatable bonds is 4. The van der Waals surface area contributed by atoms with Crippen LogP contribution in [0, 0.1) is 12.7 Å². The molecular formula is C20H14Cl2FNO3S. The lowest BCUT2D eigenvalue weighted by Crippen LogP contribution is -2.14. The predicted octanol–water partition coefficient (Wildman–Crippen LogP) is 6.21. The Kier molecular flexibility index (Phi) is 6.03. The van der Waals surface area contributed by atoms with Crippen molar-refractivity contribution < 1.29 is 18.7 Å². The highest BCUT2D eigenvalue weighted by molar-refractivity contribution is 7.17. The number of carbonyl (C=O) groups is 2. The number of anilines is 1. The molecule has 144 valence electrons. The van der Waals surface area contributed by atoms with Crippen molar-refractivity contribution in [2.24, 2.45) is 0 Å². The third kappa shape index (κ3) is 4.04. The minimum atomic E-state index is -0.610. The van der Waals surface area contributed by atoms with E-state index in [1.807, 2.05) is 0 Å². The van der Waals surface area contributed by atoms with Crippen LogP contribution in [0.4, 0.5) is 9.39 Å². The molecule has 0 fully saturated rings. The molecular weight excluding hydrogens is 424 g/mol. The first kappa shape index (κ1) is 20.3. The monoisotopic (exact) mass is 437 g/mol. The lowest BCUT2D eigenvalue weighted by atomic mass is 10.0. The number of halogens is 3. The maximum absolute atomic E-state index is 13.3. The summed E-state index contributed by atoms with van der Waals surface area (Å²) in [4.78, 5) is 25.9. The molecule has 0 aliphatic carbocycles. The van der Waals surface area contributed by atoms with Crippen LogP contribution in [0.3, 0.4) is 0 Å². The van der Waals surface area contributed by atoms with Gasteiger partial charge < -0.3 is 10.1 Å². The van der Waals surface area contributed by atoms with Gasteiger partial charge in [0, 0.05) is 15.5 Å². The maximum Gasteiger partial charge on any atom is 0.341 e. The highest BCUT2D eigenvalue weighted by Crippen LogP contribution is 2.40. The summed E-state index contributed by atoms with van der Waals surface area (Å²) >= 11 is 13.2. The van der Waals surface area contributed by atoms with Crippen LogP contribution in [-0.4, -0.2) is 19.0 Å². The van der Waals surface area contributed by atoms with Crippen molar-refractivity contribution >= 4 is 51.4 Å². The Morgan fingerprint density at radius 3 is 2.39 bits per heavy atom. The van der Waals surface area contributed by atoms with Crippen LogP contribution in [-0.2, 0) is 4.74 Å². The number of amides is 1. The molecule has 1 aromatic heterocycles. The number of hydrogen-bond donors (Lipinski definition) is 1. The van der Waals surface area contributed by atoms with Crippen LogP contribution in [0.15, 0.2) is 42.5 Å². The van der Waals surface area contributed by atoms with Crippen LogP contribution in [0.25, 0.3) is 11.1 Å². The number of thiophene rings is 1. The topological polar surface area (TPSA) is 55.4 Å². The molecule has 1 N–H and O–H groups in total. The summed E-state index contributed by atoms with van der Waals surface area (Å²) in [7, 11) is 1.26. The van der Waals surface area contributed by atoms with E-state index in [1.54, 1.807) is 25.1 Å². The molecule has 0 atom stereocenters. The van der Waals surface area contributed by atoms with E-state index in [1.165, 1.54) is 42.7 Å². The molecule has 28 heavy (non-hydrogen) atoms. The highest BCUT2D eigenvalue weighted by Gasteiger charge is 2.26. The number of esters is 1. The van der Waals surface area contributed by atoms with Crippen molar-refractivity contribution in [3.63, 3.8) is 0 Å². The molecule has 0 aliphatic heterocycles. The average Bonchev–Trinajstić information content (AvgIpc) is 2.97. The van der Waals surface area contributed by atoms with Crippen LogP contribution in [0.5, 0.6) is 0 Å². The summed E-state index contributed by atoms with van der Waals surface area (Å²) in [6, 6.07) is 10.3. The van der Waals surface area contributed by atoms with Crippen molar-refractivity contribution in [1.82, 2.24) is 0 Å². The molecule has 0 saturated heterocycles. The van der Waals surface area contributed by atoms with Crippen LogP contribution < -0.4 is 5.32 Å². The van der Waals surface area contributed by atoms with Gasteiger partial charge in [-0.1, -0.05) is 35.3 Å².